The molecule has 0 saturated heterocycles. The predicted molar refractivity (Wildman–Crippen MR) is 116 cm³/mol. The van der Waals surface area contributed by atoms with E-state index in [9.17, 15) is 9.59 Å². The average Bonchev–Trinajstić information content (AvgIpc) is 3.20. The van der Waals surface area contributed by atoms with Gasteiger partial charge < -0.3 is 19.9 Å². The van der Waals surface area contributed by atoms with E-state index >= 15 is 0 Å². The van der Waals surface area contributed by atoms with Gasteiger partial charge in [-0.25, -0.2) is 4.79 Å². The van der Waals surface area contributed by atoms with Gasteiger partial charge in [0.1, 0.15) is 6.54 Å². The maximum absolute atomic E-state index is 13.3. The van der Waals surface area contributed by atoms with E-state index in [1.807, 2.05) is 36.1 Å². The number of benzene rings is 1. The normalized spacial score (nSPS) is 15.7. The Hall–Kier alpha value is -2.09. The first-order valence-corrected chi connectivity index (χ1v) is 10.9. The predicted octanol–water partition coefficient (Wildman–Crippen LogP) is 3.55. The van der Waals surface area contributed by atoms with Gasteiger partial charge in [-0.2, -0.15) is 0 Å². The highest BCUT2D eigenvalue weighted by Crippen LogP contribution is 2.38. The minimum absolute atomic E-state index is 0.0127. The second-order valence-electron chi connectivity index (χ2n) is 6.84. The van der Waals surface area contributed by atoms with Crippen LogP contribution in [0.5, 0.6) is 0 Å². The van der Waals surface area contributed by atoms with Gasteiger partial charge >= 0.3 is 6.03 Å². The van der Waals surface area contributed by atoms with Crippen LogP contribution in [0, 0.1) is 0 Å². The molecule has 0 bridgehead atoms. The lowest BCUT2D eigenvalue weighted by Crippen LogP contribution is -2.49. The number of halogens is 1. The summed E-state index contributed by atoms with van der Waals surface area (Å²) in [7, 11) is 1.58. The minimum atomic E-state index is -0.255. The minimum Gasteiger partial charge on any atom is -0.383 e. The van der Waals surface area contributed by atoms with Gasteiger partial charge in [-0.15, -0.1) is 11.3 Å². The smallest absolute Gasteiger partial charge is 0.317 e. The zero-order chi connectivity index (χ0) is 20.8. The van der Waals surface area contributed by atoms with Crippen molar-refractivity contribution in [2.45, 2.75) is 19.4 Å². The third-order valence-corrected chi connectivity index (χ3v) is 6.23. The topological polar surface area (TPSA) is 61.9 Å². The molecule has 2 heterocycles. The number of urea groups is 1. The van der Waals surface area contributed by atoms with Crippen LogP contribution in [0.25, 0.3) is 0 Å². The molecular weight excluding hydrogens is 410 g/mol. The summed E-state index contributed by atoms with van der Waals surface area (Å²) in [6, 6.07) is 9.28. The number of methoxy groups -OCH3 is 1. The van der Waals surface area contributed by atoms with Crippen molar-refractivity contribution in [3.05, 3.63) is 56.7 Å². The van der Waals surface area contributed by atoms with Crippen LogP contribution in [0.15, 0.2) is 35.7 Å². The van der Waals surface area contributed by atoms with Crippen molar-refractivity contribution < 1.29 is 14.3 Å². The molecule has 1 atom stereocenters. The lowest BCUT2D eigenvalue weighted by molar-refractivity contribution is -0.134. The van der Waals surface area contributed by atoms with Gasteiger partial charge in [-0.1, -0.05) is 23.7 Å². The zero-order valence-corrected chi connectivity index (χ0v) is 18.3. The third kappa shape index (κ3) is 5.10. The van der Waals surface area contributed by atoms with E-state index in [-0.39, 0.29) is 24.5 Å². The number of amides is 3. The molecule has 1 aromatic carbocycles. The molecule has 1 N–H and O–H groups in total. The molecular formula is C21H26ClN3O3S. The van der Waals surface area contributed by atoms with Crippen molar-refractivity contribution in [1.82, 2.24) is 15.1 Å². The van der Waals surface area contributed by atoms with E-state index in [2.05, 4.69) is 16.8 Å². The van der Waals surface area contributed by atoms with Gasteiger partial charge in [0.05, 0.1) is 12.6 Å². The molecule has 2 aromatic rings. The summed E-state index contributed by atoms with van der Waals surface area (Å²) < 4.78 is 5.11. The van der Waals surface area contributed by atoms with Crippen LogP contribution in [-0.2, 0) is 16.0 Å². The van der Waals surface area contributed by atoms with E-state index in [0.717, 1.165) is 17.5 Å². The molecule has 1 aliphatic rings. The molecule has 8 heteroatoms. The van der Waals surface area contributed by atoms with Crippen molar-refractivity contribution in [2.24, 2.45) is 0 Å². The fraction of sp³-hybridized carbons (Fsp3) is 0.429. The van der Waals surface area contributed by atoms with Gasteiger partial charge in [0.15, 0.2) is 0 Å². The number of hydrogen-bond acceptors (Lipinski definition) is 4. The Balaban J connectivity index is 1.85. The van der Waals surface area contributed by atoms with E-state index in [1.165, 1.54) is 9.78 Å². The maximum Gasteiger partial charge on any atom is 0.317 e. The molecule has 1 aliphatic heterocycles. The van der Waals surface area contributed by atoms with Crippen LogP contribution in [0.1, 0.15) is 29.0 Å². The summed E-state index contributed by atoms with van der Waals surface area (Å²) in [5.74, 6) is -0.0795. The molecule has 29 heavy (non-hydrogen) atoms. The quantitative estimate of drug-likeness (QED) is 0.723. The van der Waals surface area contributed by atoms with Crippen LogP contribution in [-0.4, -0.2) is 61.6 Å². The number of carbonyl (C=O) groups is 2. The fourth-order valence-corrected chi connectivity index (χ4v) is 4.59. The Bertz CT molecular complexity index is 840. The van der Waals surface area contributed by atoms with Crippen molar-refractivity contribution in [3.63, 3.8) is 0 Å². The average molecular weight is 436 g/mol. The first kappa shape index (κ1) is 21.6. The second-order valence-corrected chi connectivity index (χ2v) is 8.28. The van der Waals surface area contributed by atoms with Crippen LogP contribution in [0.2, 0.25) is 5.02 Å². The van der Waals surface area contributed by atoms with Crippen molar-refractivity contribution in [2.75, 3.05) is 39.9 Å². The molecule has 0 aliphatic carbocycles. The standard InChI is InChI=1S/C21H26ClN3O3S/c1-3-23-21(27)24(11-12-28-2)14-19(26)25-10-8-18-17(9-13-29-18)20(25)15-4-6-16(22)7-5-15/h4-7,9,13,20H,3,8,10-12,14H2,1-2H3,(H,23,27). The number of thiophene rings is 1. The highest BCUT2D eigenvalue weighted by Gasteiger charge is 2.33. The molecule has 0 saturated carbocycles. The Morgan fingerprint density at radius 2 is 2.07 bits per heavy atom. The van der Waals surface area contributed by atoms with Crippen molar-refractivity contribution in [3.8, 4) is 0 Å². The summed E-state index contributed by atoms with van der Waals surface area (Å²) in [5.41, 5.74) is 2.17. The largest absolute Gasteiger partial charge is 0.383 e. The molecule has 0 spiro atoms. The summed E-state index contributed by atoms with van der Waals surface area (Å²) in [5, 5.41) is 5.50. The van der Waals surface area contributed by atoms with Gasteiger partial charge in [0, 0.05) is 36.6 Å². The van der Waals surface area contributed by atoms with Crippen LogP contribution in [0.4, 0.5) is 4.79 Å². The second kappa shape index (κ2) is 10.1. The lowest BCUT2D eigenvalue weighted by Gasteiger charge is -2.37. The molecule has 1 unspecified atom stereocenters. The first-order chi connectivity index (χ1) is 14.0. The van der Waals surface area contributed by atoms with E-state index in [0.29, 0.717) is 31.3 Å². The summed E-state index contributed by atoms with van der Waals surface area (Å²) in [6.07, 6.45) is 0.821. The summed E-state index contributed by atoms with van der Waals surface area (Å²) in [6.45, 7) is 3.72. The van der Waals surface area contributed by atoms with Crippen LogP contribution >= 0.6 is 22.9 Å². The van der Waals surface area contributed by atoms with Crippen molar-refractivity contribution in [1.29, 1.82) is 0 Å². The SMILES string of the molecule is CCNC(=O)N(CCOC)CC(=O)N1CCc2sccc2C1c1ccc(Cl)cc1. The Morgan fingerprint density at radius 1 is 1.31 bits per heavy atom. The Kier molecular flexibility index (Phi) is 7.52. The number of fused-ring (bicyclic) bond motifs is 1. The third-order valence-electron chi connectivity index (χ3n) is 4.98. The molecule has 3 amide bonds. The Morgan fingerprint density at radius 3 is 2.76 bits per heavy atom. The van der Waals surface area contributed by atoms with Gasteiger partial charge in [-0.3, -0.25) is 4.79 Å². The number of hydrogen-bond donors (Lipinski definition) is 1. The molecule has 156 valence electrons. The fourth-order valence-electron chi connectivity index (χ4n) is 3.56. The van der Waals surface area contributed by atoms with Gasteiger partial charge in [0.2, 0.25) is 5.91 Å². The number of rotatable bonds is 7. The molecule has 0 radical (unpaired) electrons. The molecule has 6 nitrogen and oxygen atoms in total. The van der Waals surface area contributed by atoms with E-state index in [1.54, 1.807) is 18.4 Å². The Labute approximate surface area is 180 Å². The monoisotopic (exact) mass is 435 g/mol. The highest BCUT2D eigenvalue weighted by molar-refractivity contribution is 7.10. The first-order valence-electron chi connectivity index (χ1n) is 9.68. The number of ether oxygens (including phenoxy) is 1. The molecule has 0 fully saturated rings. The van der Waals surface area contributed by atoms with Gasteiger partial charge in [-0.05, 0) is 48.1 Å². The molecule has 3 rings (SSSR count). The maximum atomic E-state index is 13.3. The summed E-state index contributed by atoms with van der Waals surface area (Å²) >= 11 is 7.79. The van der Waals surface area contributed by atoms with Crippen LogP contribution < -0.4 is 5.32 Å². The highest BCUT2D eigenvalue weighted by atomic mass is 35.5. The van der Waals surface area contributed by atoms with Gasteiger partial charge in [0.25, 0.3) is 0 Å². The van der Waals surface area contributed by atoms with Crippen LogP contribution in [0.3, 0.4) is 0 Å². The molecule has 1 aromatic heterocycles. The zero-order valence-electron chi connectivity index (χ0n) is 16.7. The van der Waals surface area contributed by atoms with E-state index in [4.69, 9.17) is 16.3 Å². The van der Waals surface area contributed by atoms with Crippen molar-refractivity contribution >= 4 is 34.9 Å². The number of nitrogens with zero attached hydrogens (tertiary/aromatic N) is 2. The van der Waals surface area contributed by atoms with E-state index < -0.39 is 0 Å². The number of carbonyl (C=O) groups excluding carboxylic acids is 2. The number of nitrogens with one attached hydrogen (secondary N) is 1. The lowest BCUT2D eigenvalue weighted by atomic mass is 9.93. The summed E-state index contributed by atoms with van der Waals surface area (Å²) in [4.78, 5) is 30.4.